The van der Waals surface area contributed by atoms with Crippen LogP contribution in [-0.4, -0.2) is 39.7 Å². The van der Waals surface area contributed by atoms with Crippen LogP contribution in [0.15, 0.2) is 54.6 Å². The van der Waals surface area contributed by atoms with E-state index in [-0.39, 0.29) is 18.2 Å². The third-order valence-electron chi connectivity index (χ3n) is 6.81. The van der Waals surface area contributed by atoms with Gasteiger partial charge in [-0.25, -0.2) is 4.79 Å². The van der Waals surface area contributed by atoms with Crippen LogP contribution >= 0.6 is 12.6 Å². The molecule has 1 aliphatic carbocycles. The van der Waals surface area contributed by atoms with E-state index >= 15 is 0 Å². The minimum Gasteiger partial charge on any atom is -0.480 e. The van der Waals surface area contributed by atoms with Gasteiger partial charge in [0.25, 0.3) is 0 Å². The van der Waals surface area contributed by atoms with E-state index in [0.29, 0.717) is 12.8 Å². The largest absolute Gasteiger partial charge is 0.480 e. The zero-order chi connectivity index (χ0) is 24.7. The lowest BCUT2D eigenvalue weighted by atomic mass is 9.93. The predicted octanol–water partition coefficient (Wildman–Crippen LogP) is 4.24. The summed E-state index contributed by atoms with van der Waals surface area (Å²) in [5.41, 5.74) is 1.84. The zero-order valence-electron chi connectivity index (χ0n) is 19.8. The van der Waals surface area contributed by atoms with Gasteiger partial charge in [-0.15, -0.1) is 0 Å². The van der Waals surface area contributed by atoms with Gasteiger partial charge in [0.1, 0.15) is 11.6 Å². The fraction of sp³-hybridized carbons (Fsp3) is 0.444. The minimum atomic E-state index is -1.10. The Hall–Kier alpha value is -2.80. The van der Waals surface area contributed by atoms with Crippen LogP contribution in [0.2, 0.25) is 0 Å². The van der Waals surface area contributed by atoms with Crippen molar-refractivity contribution in [1.29, 1.82) is 0 Å². The summed E-state index contributed by atoms with van der Waals surface area (Å²) in [6.45, 7) is 3.94. The number of carboxylic acid groups (broad SMARTS) is 1. The Balaban J connectivity index is 1.70. The molecule has 182 valence electrons. The number of rotatable bonds is 10. The van der Waals surface area contributed by atoms with Crippen LogP contribution in [0.3, 0.4) is 0 Å². The van der Waals surface area contributed by atoms with Gasteiger partial charge in [0.15, 0.2) is 0 Å². The number of thiol groups is 1. The van der Waals surface area contributed by atoms with E-state index in [9.17, 15) is 19.5 Å². The van der Waals surface area contributed by atoms with Crippen LogP contribution in [0, 0.1) is 5.92 Å². The molecule has 1 fully saturated rings. The quantitative estimate of drug-likeness (QED) is 0.381. The molecule has 0 radical (unpaired) electrons. The maximum Gasteiger partial charge on any atom is 0.326 e. The molecule has 1 saturated carbocycles. The molecule has 6 nitrogen and oxygen atoms in total. The number of amides is 2. The van der Waals surface area contributed by atoms with Crippen LogP contribution in [0.25, 0.3) is 11.1 Å². The number of carbonyl (C=O) groups is 3. The van der Waals surface area contributed by atoms with E-state index in [0.717, 1.165) is 36.0 Å². The molecule has 0 heterocycles. The van der Waals surface area contributed by atoms with E-state index in [1.807, 2.05) is 68.4 Å². The van der Waals surface area contributed by atoms with Crippen LogP contribution < -0.4 is 10.6 Å². The fourth-order valence-electron chi connectivity index (χ4n) is 4.37. The van der Waals surface area contributed by atoms with Crippen LogP contribution in [0.1, 0.15) is 51.5 Å². The number of carboxylic acids is 1. The third kappa shape index (κ3) is 6.20. The molecule has 34 heavy (non-hydrogen) atoms. The molecule has 0 spiro atoms. The first-order chi connectivity index (χ1) is 16.3. The summed E-state index contributed by atoms with van der Waals surface area (Å²) in [6, 6.07) is 16.5. The molecular weight excluding hydrogens is 448 g/mol. The highest BCUT2D eigenvalue weighted by Gasteiger charge is 2.44. The normalized spacial score (nSPS) is 17.4. The molecule has 1 unspecified atom stereocenters. The highest BCUT2D eigenvalue weighted by Crippen LogP contribution is 2.31. The van der Waals surface area contributed by atoms with Gasteiger partial charge < -0.3 is 15.7 Å². The molecule has 3 atom stereocenters. The summed E-state index contributed by atoms with van der Waals surface area (Å²) < 4.78 is 0. The lowest BCUT2D eigenvalue weighted by molar-refractivity contribution is -0.143. The first-order valence-electron chi connectivity index (χ1n) is 11.9. The van der Waals surface area contributed by atoms with Gasteiger partial charge in [0.2, 0.25) is 11.8 Å². The third-order valence-corrected chi connectivity index (χ3v) is 7.55. The molecule has 2 aromatic rings. The lowest BCUT2D eigenvalue weighted by Gasteiger charge is -2.32. The second kappa shape index (κ2) is 11.6. The standard InChI is InChI=1S/C27H34N2O4S/c1-3-18(2)23(34)24(30)29-27(15-7-8-16-27)26(33)28-22(25(31)32)17-19-11-13-21(14-12-19)20-9-5-4-6-10-20/h4-6,9-14,18,22-23,34H,3,7-8,15-17H2,1-2H3,(H,28,33)(H,29,30)(H,31,32)/t18-,22?,23+/m0/s1. The van der Waals surface area contributed by atoms with E-state index in [1.165, 1.54) is 0 Å². The van der Waals surface area contributed by atoms with Crippen molar-refractivity contribution < 1.29 is 19.5 Å². The van der Waals surface area contributed by atoms with Gasteiger partial charge in [-0.3, -0.25) is 9.59 Å². The first kappa shape index (κ1) is 25.8. The Kier molecular flexibility index (Phi) is 8.78. The first-order valence-corrected chi connectivity index (χ1v) is 12.5. The molecular formula is C27H34N2O4S. The monoisotopic (exact) mass is 482 g/mol. The van der Waals surface area contributed by atoms with Crippen molar-refractivity contribution in [1.82, 2.24) is 10.6 Å². The number of carbonyl (C=O) groups excluding carboxylic acids is 2. The van der Waals surface area contributed by atoms with Gasteiger partial charge in [0, 0.05) is 6.42 Å². The number of nitrogens with one attached hydrogen (secondary N) is 2. The van der Waals surface area contributed by atoms with Crippen molar-refractivity contribution in [2.75, 3.05) is 0 Å². The summed E-state index contributed by atoms with van der Waals surface area (Å²) in [5.74, 6) is -1.75. The number of hydrogen-bond donors (Lipinski definition) is 4. The SMILES string of the molecule is CC[C@H](C)[C@@H](S)C(=O)NC1(C(=O)NC(Cc2ccc(-c3ccccc3)cc2)C(=O)O)CCCC1. The minimum absolute atomic E-state index is 0.0653. The zero-order valence-corrected chi connectivity index (χ0v) is 20.7. The summed E-state index contributed by atoms with van der Waals surface area (Å²) in [6.07, 6.45) is 3.53. The van der Waals surface area contributed by atoms with Crippen LogP contribution in [0.4, 0.5) is 0 Å². The molecule has 3 rings (SSSR count). The summed E-state index contributed by atoms with van der Waals surface area (Å²) in [5, 5.41) is 14.9. The smallest absolute Gasteiger partial charge is 0.326 e. The molecule has 2 aromatic carbocycles. The molecule has 1 aliphatic rings. The fourth-order valence-corrected chi connectivity index (χ4v) is 4.65. The van der Waals surface area contributed by atoms with E-state index in [4.69, 9.17) is 0 Å². The van der Waals surface area contributed by atoms with Crippen LogP contribution in [0.5, 0.6) is 0 Å². The summed E-state index contributed by atoms with van der Waals surface area (Å²) >= 11 is 4.44. The Labute approximate surface area is 206 Å². The van der Waals surface area contributed by atoms with E-state index in [1.54, 1.807) is 0 Å². The van der Waals surface area contributed by atoms with Crippen molar-refractivity contribution in [3.8, 4) is 11.1 Å². The Morgan fingerprint density at radius 2 is 1.59 bits per heavy atom. The lowest BCUT2D eigenvalue weighted by Crippen LogP contribution is -2.61. The van der Waals surface area contributed by atoms with Crippen LogP contribution in [-0.2, 0) is 20.8 Å². The highest BCUT2D eigenvalue weighted by molar-refractivity contribution is 7.81. The average molecular weight is 483 g/mol. The number of aliphatic carboxylic acids is 1. The predicted molar refractivity (Wildman–Crippen MR) is 137 cm³/mol. The van der Waals surface area contributed by atoms with Crippen molar-refractivity contribution in [3.63, 3.8) is 0 Å². The second-order valence-electron chi connectivity index (χ2n) is 9.24. The Bertz CT molecular complexity index is 987. The van der Waals surface area contributed by atoms with Crippen molar-refractivity contribution in [2.45, 2.75) is 69.2 Å². The second-order valence-corrected chi connectivity index (χ2v) is 9.80. The molecule has 3 N–H and O–H groups in total. The number of hydrogen-bond acceptors (Lipinski definition) is 4. The van der Waals surface area contributed by atoms with Gasteiger partial charge in [0.05, 0.1) is 5.25 Å². The molecule has 0 saturated heterocycles. The molecule has 0 aliphatic heterocycles. The Morgan fingerprint density at radius 3 is 2.15 bits per heavy atom. The van der Waals surface area contributed by atoms with E-state index in [2.05, 4.69) is 23.3 Å². The molecule has 7 heteroatoms. The maximum atomic E-state index is 13.3. The van der Waals surface area contributed by atoms with Gasteiger partial charge in [-0.2, -0.15) is 12.6 Å². The average Bonchev–Trinajstić information content (AvgIpc) is 3.33. The maximum absolute atomic E-state index is 13.3. The molecule has 0 aromatic heterocycles. The van der Waals surface area contributed by atoms with Gasteiger partial charge in [-0.05, 0) is 35.4 Å². The number of benzene rings is 2. The Morgan fingerprint density at radius 1 is 1.00 bits per heavy atom. The molecule has 0 bridgehead atoms. The van der Waals surface area contributed by atoms with Crippen molar-refractivity contribution >= 4 is 30.4 Å². The summed E-state index contributed by atoms with van der Waals surface area (Å²) in [7, 11) is 0. The highest BCUT2D eigenvalue weighted by atomic mass is 32.1. The van der Waals surface area contributed by atoms with Gasteiger partial charge in [-0.1, -0.05) is 87.7 Å². The summed E-state index contributed by atoms with van der Waals surface area (Å²) in [4.78, 5) is 38.1. The van der Waals surface area contributed by atoms with Gasteiger partial charge >= 0.3 is 5.97 Å². The van der Waals surface area contributed by atoms with Crippen molar-refractivity contribution in [3.05, 3.63) is 60.2 Å². The van der Waals surface area contributed by atoms with E-state index < -0.39 is 28.7 Å². The topological polar surface area (TPSA) is 95.5 Å². The van der Waals surface area contributed by atoms with Crippen molar-refractivity contribution in [2.24, 2.45) is 5.92 Å². The molecule has 2 amide bonds.